The molecule has 19 heavy (non-hydrogen) atoms. The van der Waals surface area contributed by atoms with Crippen molar-refractivity contribution < 1.29 is 4.79 Å². The molecule has 98 valence electrons. The van der Waals surface area contributed by atoms with Crippen LogP contribution in [0.5, 0.6) is 0 Å². The third-order valence-corrected chi connectivity index (χ3v) is 3.78. The fourth-order valence-corrected chi connectivity index (χ4v) is 2.41. The number of hydrogen-bond donors (Lipinski definition) is 0. The van der Waals surface area contributed by atoms with Crippen molar-refractivity contribution in [2.24, 2.45) is 0 Å². The van der Waals surface area contributed by atoms with Crippen LogP contribution >= 0.6 is 23.4 Å². The van der Waals surface area contributed by atoms with E-state index in [1.807, 2.05) is 13.8 Å². The standard InChI is InChI=1S/C14H13ClN2OS/c1-9-7-16-14(17-8-9)19-10(2)13(18)11-3-5-12(15)6-4-11/h3-8,10H,1-2H3. The number of carbonyl (C=O) groups is 1. The molecule has 0 saturated carbocycles. The molecule has 5 heteroatoms. The van der Waals surface area contributed by atoms with Crippen molar-refractivity contribution >= 4 is 29.1 Å². The van der Waals surface area contributed by atoms with Crippen molar-refractivity contribution in [2.45, 2.75) is 24.3 Å². The number of benzene rings is 1. The van der Waals surface area contributed by atoms with Crippen LogP contribution < -0.4 is 0 Å². The first-order valence-electron chi connectivity index (χ1n) is 5.81. The molecular weight excluding hydrogens is 280 g/mol. The van der Waals surface area contributed by atoms with E-state index in [1.165, 1.54) is 11.8 Å². The van der Waals surface area contributed by atoms with Crippen LogP contribution in [0.2, 0.25) is 5.02 Å². The number of carbonyl (C=O) groups excluding carboxylic acids is 1. The summed E-state index contributed by atoms with van der Waals surface area (Å²) in [6, 6.07) is 6.90. The predicted octanol–water partition coefficient (Wildman–Crippen LogP) is 3.80. The normalized spacial score (nSPS) is 12.2. The summed E-state index contributed by atoms with van der Waals surface area (Å²) in [7, 11) is 0. The van der Waals surface area contributed by atoms with Crippen molar-refractivity contribution in [2.75, 3.05) is 0 Å². The summed E-state index contributed by atoms with van der Waals surface area (Å²) in [5, 5.41) is 1.00. The Labute approximate surface area is 121 Å². The van der Waals surface area contributed by atoms with Gasteiger partial charge in [-0.25, -0.2) is 9.97 Å². The van der Waals surface area contributed by atoms with Crippen molar-refractivity contribution in [1.82, 2.24) is 9.97 Å². The summed E-state index contributed by atoms with van der Waals surface area (Å²) in [6.07, 6.45) is 3.49. The number of ketones is 1. The lowest BCUT2D eigenvalue weighted by molar-refractivity contribution is 0.0994. The van der Waals surface area contributed by atoms with Crippen LogP contribution in [0.4, 0.5) is 0 Å². The number of aromatic nitrogens is 2. The average molecular weight is 293 g/mol. The van der Waals surface area contributed by atoms with Crippen molar-refractivity contribution in [3.05, 3.63) is 52.8 Å². The highest BCUT2D eigenvalue weighted by molar-refractivity contribution is 8.00. The molecule has 1 unspecified atom stereocenters. The van der Waals surface area contributed by atoms with Crippen LogP contribution in [0.25, 0.3) is 0 Å². The zero-order chi connectivity index (χ0) is 13.8. The second-order valence-electron chi connectivity index (χ2n) is 4.17. The van der Waals surface area contributed by atoms with Gasteiger partial charge >= 0.3 is 0 Å². The van der Waals surface area contributed by atoms with Gasteiger partial charge in [0.1, 0.15) is 0 Å². The van der Waals surface area contributed by atoms with Gasteiger partial charge in [0, 0.05) is 23.0 Å². The maximum atomic E-state index is 12.2. The second kappa shape index (κ2) is 6.17. The molecule has 0 fully saturated rings. The van der Waals surface area contributed by atoms with Crippen molar-refractivity contribution in [3.8, 4) is 0 Å². The highest BCUT2D eigenvalue weighted by atomic mass is 35.5. The Hall–Kier alpha value is -1.39. The third-order valence-electron chi connectivity index (χ3n) is 2.54. The Morgan fingerprint density at radius 3 is 2.37 bits per heavy atom. The van der Waals surface area contributed by atoms with E-state index < -0.39 is 0 Å². The first-order chi connectivity index (χ1) is 9.06. The fourth-order valence-electron chi connectivity index (χ4n) is 1.50. The van der Waals surface area contributed by atoms with Gasteiger partial charge in [0.2, 0.25) is 0 Å². The Morgan fingerprint density at radius 2 is 1.79 bits per heavy atom. The van der Waals surface area contributed by atoms with Gasteiger partial charge in [-0.3, -0.25) is 4.79 Å². The zero-order valence-corrected chi connectivity index (χ0v) is 12.2. The van der Waals surface area contributed by atoms with E-state index in [4.69, 9.17) is 11.6 Å². The predicted molar refractivity (Wildman–Crippen MR) is 77.9 cm³/mol. The quantitative estimate of drug-likeness (QED) is 0.488. The van der Waals surface area contributed by atoms with Crippen LogP contribution in [0.15, 0.2) is 41.8 Å². The van der Waals surface area contributed by atoms with Gasteiger partial charge in [0.05, 0.1) is 5.25 Å². The van der Waals surface area contributed by atoms with Gasteiger partial charge in [0.25, 0.3) is 0 Å². The molecule has 0 aliphatic carbocycles. The van der Waals surface area contributed by atoms with E-state index in [2.05, 4.69) is 9.97 Å². The first kappa shape index (κ1) is 14.0. The number of aryl methyl sites for hydroxylation is 1. The number of rotatable bonds is 4. The van der Waals surface area contributed by atoms with Crippen molar-refractivity contribution in [3.63, 3.8) is 0 Å². The van der Waals surface area contributed by atoms with Crippen molar-refractivity contribution in [1.29, 1.82) is 0 Å². The minimum absolute atomic E-state index is 0.0471. The maximum Gasteiger partial charge on any atom is 0.188 e. The summed E-state index contributed by atoms with van der Waals surface area (Å²) < 4.78 is 0. The molecule has 0 spiro atoms. The van der Waals surface area contributed by atoms with Gasteiger partial charge in [-0.2, -0.15) is 0 Å². The molecular formula is C14H13ClN2OS. The van der Waals surface area contributed by atoms with E-state index in [0.717, 1.165) is 5.56 Å². The number of Topliss-reactive ketones (excluding diaryl/α,β-unsaturated/α-hetero) is 1. The molecule has 1 atom stereocenters. The van der Waals surface area contributed by atoms with Crippen LogP contribution in [-0.2, 0) is 0 Å². The molecule has 0 radical (unpaired) electrons. The summed E-state index contributed by atoms with van der Waals surface area (Å²) in [4.78, 5) is 20.6. The summed E-state index contributed by atoms with van der Waals surface area (Å²) in [5.41, 5.74) is 1.65. The molecule has 0 amide bonds. The Kier molecular flexibility index (Phi) is 4.56. The van der Waals surface area contributed by atoms with E-state index >= 15 is 0 Å². The molecule has 1 heterocycles. The Balaban J connectivity index is 2.07. The molecule has 1 aromatic carbocycles. The zero-order valence-electron chi connectivity index (χ0n) is 10.6. The molecule has 0 saturated heterocycles. The highest BCUT2D eigenvalue weighted by Crippen LogP contribution is 2.22. The van der Waals surface area contributed by atoms with Crippen LogP contribution in [0.1, 0.15) is 22.8 Å². The smallest absolute Gasteiger partial charge is 0.188 e. The van der Waals surface area contributed by atoms with Crippen LogP contribution in [-0.4, -0.2) is 21.0 Å². The lowest BCUT2D eigenvalue weighted by Gasteiger charge is -2.09. The molecule has 0 bridgehead atoms. The lowest BCUT2D eigenvalue weighted by atomic mass is 10.1. The summed E-state index contributed by atoms with van der Waals surface area (Å²) >= 11 is 7.16. The second-order valence-corrected chi connectivity index (χ2v) is 5.92. The molecule has 3 nitrogen and oxygen atoms in total. The third kappa shape index (κ3) is 3.78. The van der Waals surface area contributed by atoms with E-state index in [0.29, 0.717) is 15.7 Å². The van der Waals surface area contributed by atoms with Gasteiger partial charge in [-0.15, -0.1) is 0 Å². The lowest BCUT2D eigenvalue weighted by Crippen LogP contribution is -2.13. The largest absolute Gasteiger partial charge is 0.293 e. The minimum atomic E-state index is -0.233. The van der Waals surface area contributed by atoms with Crippen LogP contribution in [0.3, 0.4) is 0 Å². The SMILES string of the molecule is Cc1cnc(SC(C)C(=O)c2ccc(Cl)cc2)nc1. The summed E-state index contributed by atoms with van der Waals surface area (Å²) in [6.45, 7) is 3.78. The molecule has 0 aliphatic rings. The van der Waals surface area contributed by atoms with Gasteiger partial charge < -0.3 is 0 Å². The first-order valence-corrected chi connectivity index (χ1v) is 7.07. The topological polar surface area (TPSA) is 42.9 Å². The molecule has 1 aromatic heterocycles. The van der Waals surface area contributed by atoms with Gasteiger partial charge in [-0.05, 0) is 43.7 Å². The number of thioether (sulfide) groups is 1. The number of nitrogens with zero attached hydrogens (tertiary/aromatic N) is 2. The highest BCUT2D eigenvalue weighted by Gasteiger charge is 2.17. The molecule has 0 N–H and O–H groups in total. The Morgan fingerprint density at radius 1 is 1.21 bits per heavy atom. The van der Waals surface area contributed by atoms with E-state index in [-0.39, 0.29) is 11.0 Å². The molecule has 2 aromatic rings. The molecule has 0 aliphatic heterocycles. The van der Waals surface area contributed by atoms with E-state index in [1.54, 1.807) is 36.7 Å². The van der Waals surface area contributed by atoms with Gasteiger partial charge in [-0.1, -0.05) is 23.4 Å². The van der Waals surface area contributed by atoms with Gasteiger partial charge in [0.15, 0.2) is 10.9 Å². The fraction of sp³-hybridized carbons (Fsp3) is 0.214. The maximum absolute atomic E-state index is 12.2. The monoisotopic (exact) mass is 292 g/mol. The van der Waals surface area contributed by atoms with Crippen LogP contribution in [0, 0.1) is 6.92 Å². The Bertz CT molecular complexity index is 569. The minimum Gasteiger partial charge on any atom is -0.293 e. The number of halogens is 1. The summed E-state index contributed by atoms with van der Waals surface area (Å²) in [5.74, 6) is 0.0471. The molecule has 2 rings (SSSR count). The van der Waals surface area contributed by atoms with E-state index in [9.17, 15) is 4.79 Å². The average Bonchev–Trinajstić information content (AvgIpc) is 2.41. The number of hydrogen-bond acceptors (Lipinski definition) is 4.